The molecule has 0 saturated heterocycles. The molecule has 106 valence electrons. The SMILES string of the molecule is CCC1CCCC(NCC(O)c2ccccc2F)C1. The fraction of sp³-hybridized carbons (Fsp3) is 0.625. The highest BCUT2D eigenvalue weighted by Crippen LogP contribution is 2.27. The van der Waals surface area contributed by atoms with Gasteiger partial charge in [-0.25, -0.2) is 4.39 Å². The van der Waals surface area contributed by atoms with Crippen molar-refractivity contribution >= 4 is 0 Å². The summed E-state index contributed by atoms with van der Waals surface area (Å²) >= 11 is 0. The van der Waals surface area contributed by atoms with Crippen LogP contribution in [0.1, 0.15) is 50.7 Å². The van der Waals surface area contributed by atoms with Crippen LogP contribution in [0, 0.1) is 11.7 Å². The summed E-state index contributed by atoms with van der Waals surface area (Å²) in [7, 11) is 0. The van der Waals surface area contributed by atoms with Crippen LogP contribution in [0.4, 0.5) is 4.39 Å². The summed E-state index contributed by atoms with van der Waals surface area (Å²) in [6.07, 6.45) is 5.40. The summed E-state index contributed by atoms with van der Waals surface area (Å²) in [6.45, 7) is 2.67. The maximum Gasteiger partial charge on any atom is 0.129 e. The van der Waals surface area contributed by atoms with Crippen molar-refractivity contribution in [2.45, 2.75) is 51.2 Å². The second-order valence-corrected chi connectivity index (χ2v) is 5.58. The van der Waals surface area contributed by atoms with Crippen molar-refractivity contribution in [1.82, 2.24) is 5.32 Å². The highest BCUT2D eigenvalue weighted by atomic mass is 19.1. The molecule has 19 heavy (non-hydrogen) atoms. The van der Waals surface area contributed by atoms with E-state index in [9.17, 15) is 9.50 Å². The van der Waals surface area contributed by atoms with Crippen molar-refractivity contribution in [3.63, 3.8) is 0 Å². The van der Waals surface area contributed by atoms with E-state index in [0.717, 1.165) is 5.92 Å². The van der Waals surface area contributed by atoms with E-state index in [1.165, 1.54) is 38.2 Å². The number of benzene rings is 1. The van der Waals surface area contributed by atoms with Gasteiger partial charge in [0.1, 0.15) is 5.82 Å². The Kier molecular flexibility index (Phi) is 5.34. The maximum atomic E-state index is 13.5. The van der Waals surface area contributed by atoms with Crippen LogP contribution >= 0.6 is 0 Å². The predicted molar refractivity (Wildman–Crippen MR) is 75.4 cm³/mol. The quantitative estimate of drug-likeness (QED) is 0.855. The van der Waals surface area contributed by atoms with E-state index in [-0.39, 0.29) is 5.82 Å². The Morgan fingerprint density at radius 2 is 2.16 bits per heavy atom. The molecule has 0 aliphatic heterocycles. The van der Waals surface area contributed by atoms with Gasteiger partial charge in [0.05, 0.1) is 6.10 Å². The van der Waals surface area contributed by atoms with Gasteiger partial charge >= 0.3 is 0 Å². The van der Waals surface area contributed by atoms with Gasteiger partial charge in [-0.1, -0.05) is 44.4 Å². The lowest BCUT2D eigenvalue weighted by Gasteiger charge is -2.30. The molecule has 3 atom stereocenters. The third-order valence-electron chi connectivity index (χ3n) is 4.22. The first kappa shape index (κ1) is 14.5. The zero-order valence-electron chi connectivity index (χ0n) is 11.6. The van der Waals surface area contributed by atoms with Crippen molar-refractivity contribution in [3.8, 4) is 0 Å². The molecule has 2 rings (SSSR count). The fourth-order valence-electron chi connectivity index (χ4n) is 2.98. The minimum absolute atomic E-state index is 0.327. The Labute approximate surface area is 115 Å². The largest absolute Gasteiger partial charge is 0.387 e. The number of hydrogen-bond acceptors (Lipinski definition) is 2. The topological polar surface area (TPSA) is 32.3 Å². The van der Waals surface area contributed by atoms with Gasteiger partial charge in [-0.2, -0.15) is 0 Å². The summed E-state index contributed by atoms with van der Waals surface area (Å²) in [5, 5.41) is 13.4. The number of aliphatic hydroxyl groups excluding tert-OH is 1. The smallest absolute Gasteiger partial charge is 0.129 e. The number of halogens is 1. The minimum atomic E-state index is -0.761. The van der Waals surface area contributed by atoms with Gasteiger partial charge in [-0.3, -0.25) is 0 Å². The molecule has 1 aromatic carbocycles. The first-order valence-corrected chi connectivity index (χ1v) is 7.36. The second kappa shape index (κ2) is 7.01. The predicted octanol–water partition coefficient (Wildman–Crippen LogP) is 3.42. The zero-order valence-corrected chi connectivity index (χ0v) is 11.6. The summed E-state index contributed by atoms with van der Waals surface area (Å²) < 4.78 is 13.5. The first-order valence-electron chi connectivity index (χ1n) is 7.36. The van der Waals surface area contributed by atoms with Crippen molar-refractivity contribution in [2.75, 3.05) is 6.54 Å². The Bertz CT molecular complexity index is 396. The molecule has 2 nitrogen and oxygen atoms in total. The highest BCUT2D eigenvalue weighted by Gasteiger charge is 2.21. The van der Waals surface area contributed by atoms with Gasteiger partial charge in [-0.05, 0) is 24.8 Å². The molecule has 1 aromatic rings. The molecule has 1 aliphatic carbocycles. The molecule has 0 heterocycles. The third kappa shape index (κ3) is 4.02. The lowest BCUT2D eigenvalue weighted by atomic mass is 9.84. The van der Waals surface area contributed by atoms with Crippen LogP contribution in [0.15, 0.2) is 24.3 Å². The van der Waals surface area contributed by atoms with Gasteiger partial charge in [-0.15, -0.1) is 0 Å². The summed E-state index contributed by atoms with van der Waals surface area (Å²) in [5.41, 5.74) is 0.387. The van der Waals surface area contributed by atoms with E-state index in [2.05, 4.69) is 12.2 Å². The Balaban J connectivity index is 1.83. The molecule has 0 radical (unpaired) electrons. The van der Waals surface area contributed by atoms with Crippen LogP contribution in [-0.4, -0.2) is 17.7 Å². The monoisotopic (exact) mass is 265 g/mol. The average molecular weight is 265 g/mol. The Morgan fingerprint density at radius 3 is 2.89 bits per heavy atom. The number of nitrogens with one attached hydrogen (secondary N) is 1. The van der Waals surface area contributed by atoms with E-state index >= 15 is 0 Å². The fourth-order valence-corrected chi connectivity index (χ4v) is 2.98. The van der Waals surface area contributed by atoms with Gasteiger partial charge < -0.3 is 10.4 Å². The molecular formula is C16H24FNO. The molecule has 0 amide bonds. The van der Waals surface area contributed by atoms with Gasteiger partial charge in [0.15, 0.2) is 0 Å². The highest BCUT2D eigenvalue weighted by molar-refractivity contribution is 5.20. The molecule has 1 aliphatic rings. The number of aliphatic hydroxyl groups is 1. The maximum absolute atomic E-state index is 13.5. The summed E-state index contributed by atoms with van der Waals surface area (Å²) in [5.74, 6) is 0.476. The van der Waals surface area contributed by atoms with Gasteiger partial charge in [0.2, 0.25) is 0 Å². The molecular weight excluding hydrogens is 241 g/mol. The zero-order chi connectivity index (χ0) is 13.7. The second-order valence-electron chi connectivity index (χ2n) is 5.58. The van der Waals surface area contributed by atoms with Crippen molar-refractivity contribution in [1.29, 1.82) is 0 Å². The third-order valence-corrected chi connectivity index (χ3v) is 4.22. The number of hydrogen-bond donors (Lipinski definition) is 2. The molecule has 3 unspecified atom stereocenters. The average Bonchev–Trinajstić information content (AvgIpc) is 2.45. The molecule has 2 N–H and O–H groups in total. The van der Waals surface area contributed by atoms with Crippen LogP contribution in [0.3, 0.4) is 0 Å². The Morgan fingerprint density at radius 1 is 1.37 bits per heavy atom. The molecule has 1 fully saturated rings. The standard InChI is InChI=1S/C16H24FNO/c1-2-12-6-5-7-13(10-12)18-11-16(19)14-8-3-4-9-15(14)17/h3-4,8-9,12-13,16,18-19H,2,5-7,10-11H2,1H3. The van der Waals surface area contributed by atoms with E-state index < -0.39 is 6.10 Å². The lowest BCUT2D eigenvalue weighted by Crippen LogP contribution is -2.36. The Hall–Kier alpha value is -0.930. The first-order chi connectivity index (χ1) is 9.20. The minimum Gasteiger partial charge on any atom is -0.387 e. The normalized spacial score (nSPS) is 25.2. The van der Waals surface area contributed by atoms with Gasteiger partial charge in [0, 0.05) is 18.2 Å². The van der Waals surface area contributed by atoms with Crippen molar-refractivity contribution in [2.24, 2.45) is 5.92 Å². The van der Waals surface area contributed by atoms with Crippen LogP contribution in [0.2, 0.25) is 0 Å². The van der Waals surface area contributed by atoms with Crippen molar-refractivity contribution in [3.05, 3.63) is 35.6 Å². The lowest BCUT2D eigenvalue weighted by molar-refractivity contribution is 0.156. The molecule has 0 aromatic heterocycles. The molecule has 0 spiro atoms. The van der Waals surface area contributed by atoms with Crippen LogP contribution < -0.4 is 5.32 Å². The van der Waals surface area contributed by atoms with Crippen LogP contribution in [0.5, 0.6) is 0 Å². The van der Waals surface area contributed by atoms with Crippen LogP contribution in [0.25, 0.3) is 0 Å². The summed E-state index contributed by atoms with van der Waals surface area (Å²) in [6, 6.07) is 6.92. The van der Waals surface area contributed by atoms with E-state index in [0.29, 0.717) is 18.2 Å². The molecule has 0 bridgehead atoms. The van der Waals surface area contributed by atoms with Crippen LogP contribution in [-0.2, 0) is 0 Å². The van der Waals surface area contributed by atoms with Crippen molar-refractivity contribution < 1.29 is 9.50 Å². The van der Waals surface area contributed by atoms with E-state index in [4.69, 9.17) is 0 Å². The molecule has 1 saturated carbocycles. The van der Waals surface area contributed by atoms with E-state index in [1.54, 1.807) is 18.2 Å². The van der Waals surface area contributed by atoms with E-state index in [1.807, 2.05) is 0 Å². The van der Waals surface area contributed by atoms with Gasteiger partial charge in [0.25, 0.3) is 0 Å². The number of rotatable bonds is 5. The molecule has 3 heteroatoms. The summed E-state index contributed by atoms with van der Waals surface area (Å²) in [4.78, 5) is 0.